The monoisotopic (exact) mass is 516 g/mol. The molecule has 5 N–H and O–H groups in total. The normalized spacial score (nSPS) is 19.7. The molecule has 1 fully saturated rings. The number of hydrogen-bond donors (Lipinski definition) is 3. The van der Waals surface area contributed by atoms with E-state index in [0.717, 1.165) is 29.2 Å². The topological polar surface area (TPSA) is 136 Å². The van der Waals surface area contributed by atoms with E-state index in [0.29, 0.717) is 18.7 Å². The van der Waals surface area contributed by atoms with E-state index in [9.17, 15) is 18.4 Å². The summed E-state index contributed by atoms with van der Waals surface area (Å²) >= 11 is 0.853. The zero-order chi connectivity index (χ0) is 26.0. The molecule has 36 heavy (non-hydrogen) atoms. The fourth-order valence-electron chi connectivity index (χ4n) is 4.43. The molecule has 1 saturated heterocycles. The number of halogens is 2. The van der Waals surface area contributed by atoms with Gasteiger partial charge in [-0.3, -0.25) is 9.78 Å². The number of carbonyl (C=O) groups excluding carboxylic acids is 2. The van der Waals surface area contributed by atoms with Crippen LogP contribution in [0.25, 0.3) is 10.6 Å². The lowest BCUT2D eigenvalue weighted by atomic mass is 9.89. The van der Waals surface area contributed by atoms with Crippen molar-refractivity contribution >= 4 is 33.9 Å². The molecule has 0 radical (unpaired) electrons. The first-order valence-electron chi connectivity index (χ1n) is 11.2. The van der Waals surface area contributed by atoms with Gasteiger partial charge in [0.2, 0.25) is 0 Å². The average Bonchev–Trinajstić information content (AvgIpc) is 3.22. The Morgan fingerprint density at radius 2 is 1.97 bits per heavy atom. The SMILES string of the molecule is COC(=O)N[C@@H]1[C@H](N)CN(c2ccncc2CC(=O)c2nc(-c3c(F)cccc3F)sc2N)C[C@@H]1C. The second-order valence-corrected chi connectivity index (χ2v) is 9.67. The molecule has 1 amide bonds. The molecule has 0 bridgehead atoms. The molecule has 1 aromatic carbocycles. The number of piperidine rings is 1. The fraction of sp³-hybridized carbons (Fsp3) is 0.333. The minimum atomic E-state index is -0.784. The van der Waals surface area contributed by atoms with Crippen LogP contribution >= 0.6 is 11.3 Å². The molecule has 0 aliphatic carbocycles. The summed E-state index contributed by atoms with van der Waals surface area (Å²) in [5, 5.41) is 2.86. The number of nitrogens with one attached hydrogen (secondary N) is 1. The highest BCUT2D eigenvalue weighted by Gasteiger charge is 2.34. The number of benzene rings is 1. The molecule has 0 unspecified atom stereocenters. The van der Waals surface area contributed by atoms with Crippen LogP contribution in [0.2, 0.25) is 0 Å². The number of hydrogen-bond acceptors (Lipinski definition) is 9. The lowest BCUT2D eigenvalue weighted by Crippen LogP contribution is -2.62. The van der Waals surface area contributed by atoms with Gasteiger partial charge in [-0.05, 0) is 24.1 Å². The third-order valence-corrected chi connectivity index (χ3v) is 7.05. The van der Waals surface area contributed by atoms with Gasteiger partial charge in [0.25, 0.3) is 0 Å². The van der Waals surface area contributed by atoms with Gasteiger partial charge in [0, 0.05) is 49.2 Å². The molecule has 2 aromatic heterocycles. The summed E-state index contributed by atoms with van der Waals surface area (Å²) in [5.74, 6) is -1.97. The lowest BCUT2D eigenvalue weighted by Gasteiger charge is -2.42. The van der Waals surface area contributed by atoms with E-state index in [1.807, 2.05) is 11.8 Å². The summed E-state index contributed by atoms with van der Waals surface area (Å²) in [7, 11) is 1.30. The zero-order valence-corrected chi connectivity index (χ0v) is 20.5. The first-order chi connectivity index (χ1) is 17.2. The van der Waals surface area contributed by atoms with Crippen molar-refractivity contribution < 1.29 is 23.1 Å². The summed E-state index contributed by atoms with van der Waals surface area (Å²) in [5.41, 5.74) is 13.4. The number of nitrogens with zero attached hydrogens (tertiary/aromatic N) is 3. The van der Waals surface area contributed by atoms with Crippen molar-refractivity contribution in [2.75, 3.05) is 30.8 Å². The van der Waals surface area contributed by atoms with E-state index in [2.05, 4.69) is 15.3 Å². The van der Waals surface area contributed by atoms with Crippen LogP contribution in [-0.2, 0) is 11.2 Å². The lowest BCUT2D eigenvalue weighted by molar-refractivity contribution is 0.0989. The van der Waals surface area contributed by atoms with Gasteiger partial charge in [0.1, 0.15) is 27.3 Å². The van der Waals surface area contributed by atoms with Crippen molar-refractivity contribution in [3.8, 4) is 10.6 Å². The zero-order valence-electron chi connectivity index (χ0n) is 19.7. The molecule has 3 aromatic rings. The molecule has 0 spiro atoms. The van der Waals surface area contributed by atoms with Crippen molar-refractivity contribution in [3.05, 3.63) is 59.6 Å². The molecule has 1 aliphatic heterocycles. The standard InChI is InChI=1S/C24H26F2N6O3S/c1-12-10-32(11-16(27)20(12)31-24(34)35-2)17-6-7-29-9-13(17)8-18(33)21-22(28)36-23(30-21)19-14(25)4-3-5-15(19)26/h3-7,9,12,16,20H,8,10-11,27-28H2,1-2H3,(H,31,34)/t12-,16+,20-/m0/s1. The van der Waals surface area contributed by atoms with Gasteiger partial charge in [0.05, 0.1) is 18.7 Å². The number of amides is 1. The predicted octanol–water partition coefficient (Wildman–Crippen LogP) is 3.00. The average molecular weight is 517 g/mol. The van der Waals surface area contributed by atoms with Crippen molar-refractivity contribution in [2.45, 2.75) is 25.4 Å². The second kappa shape index (κ2) is 10.5. The molecule has 0 saturated carbocycles. The largest absolute Gasteiger partial charge is 0.453 e. The Kier molecular flexibility index (Phi) is 7.45. The Balaban J connectivity index is 1.55. The number of Topliss-reactive ketones (excluding diaryl/α,β-unsaturated/α-hetero) is 1. The van der Waals surface area contributed by atoms with Crippen LogP contribution < -0.4 is 21.7 Å². The van der Waals surface area contributed by atoms with E-state index in [-0.39, 0.29) is 45.7 Å². The highest BCUT2D eigenvalue weighted by Crippen LogP contribution is 2.34. The molecule has 1 aliphatic rings. The van der Waals surface area contributed by atoms with Crippen LogP contribution in [0.15, 0.2) is 36.7 Å². The summed E-state index contributed by atoms with van der Waals surface area (Å²) < 4.78 is 33.1. The van der Waals surface area contributed by atoms with Crippen LogP contribution in [0.3, 0.4) is 0 Å². The summed E-state index contributed by atoms with van der Waals surface area (Å²) in [6.07, 6.45) is 2.60. The first-order valence-corrected chi connectivity index (χ1v) is 12.0. The number of carbonyl (C=O) groups is 2. The van der Waals surface area contributed by atoms with Gasteiger partial charge in [0.15, 0.2) is 5.78 Å². The number of pyridine rings is 1. The molecular formula is C24H26F2N6O3S. The number of alkyl carbamates (subject to hydrolysis) is 1. The van der Waals surface area contributed by atoms with E-state index in [1.165, 1.54) is 13.2 Å². The molecule has 3 atom stereocenters. The van der Waals surface area contributed by atoms with Gasteiger partial charge >= 0.3 is 6.09 Å². The second-order valence-electron chi connectivity index (χ2n) is 8.64. The maximum Gasteiger partial charge on any atom is 0.407 e. The number of ether oxygens (including phenoxy) is 1. The van der Waals surface area contributed by atoms with Gasteiger partial charge in [-0.15, -0.1) is 0 Å². The van der Waals surface area contributed by atoms with Crippen LogP contribution in [-0.4, -0.2) is 54.1 Å². The first kappa shape index (κ1) is 25.5. The molecule has 190 valence electrons. The van der Waals surface area contributed by atoms with Gasteiger partial charge in [-0.1, -0.05) is 24.3 Å². The summed E-state index contributed by atoms with van der Waals surface area (Å²) in [6.45, 7) is 2.97. The maximum absolute atomic E-state index is 14.2. The highest BCUT2D eigenvalue weighted by molar-refractivity contribution is 7.19. The Hall–Kier alpha value is -3.64. The van der Waals surface area contributed by atoms with Gasteiger partial charge in [-0.2, -0.15) is 0 Å². The van der Waals surface area contributed by atoms with Gasteiger partial charge < -0.3 is 26.4 Å². The van der Waals surface area contributed by atoms with E-state index < -0.39 is 23.5 Å². The summed E-state index contributed by atoms with van der Waals surface area (Å²) in [4.78, 5) is 35.2. The smallest absolute Gasteiger partial charge is 0.407 e. The van der Waals surface area contributed by atoms with E-state index in [4.69, 9.17) is 16.2 Å². The predicted molar refractivity (Wildman–Crippen MR) is 133 cm³/mol. The number of thiazole rings is 1. The van der Waals surface area contributed by atoms with Crippen LogP contribution in [0.4, 0.5) is 24.3 Å². The van der Waals surface area contributed by atoms with Crippen LogP contribution in [0.1, 0.15) is 23.0 Å². The van der Waals surface area contributed by atoms with Gasteiger partial charge in [-0.25, -0.2) is 18.6 Å². The molecule has 12 heteroatoms. The van der Waals surface area contributed by atoms with Crippen molar-refractivity contribution in [1.29, 1.82) is 0 Å². The van der Waals surface area contributed by atoms with Crippen molar-refractivity contribution in [3.63, 3.8) is 0 Å². The number of aromatic nitrogens is 2. The number of nitrogen functional groups attached to an aromatic ring is 1. The number of nitrogens with two attached hydrogens (primary N) is 2. The molecule has 4 rings (SSSR count). The Morgan fingerprint density at radius 1 is 1.25 bits per heavy atom. The minimum Gasteiger partial charge on any atom is -0.453 e. The van der Waals surface area contributed by atoms with Crippen LogP contribution in [0.5, 0.6) is 0 Å². The number of anilines is 2. The fourth-order valence-corrected chi connectivity index (χ4v) is 5.33. The van der Waals surface area contributed by atoms with Crippen molar-refractivity contribution in [1.82, 2.24) is 15.3 Å². The molecule has 3 heterocycles. The van der Waals surface area contributed by atoms with Crippen LogP contribution in [0, 0.1) is 17.6 Å². The molecular weight excluding hydrogens is 490 g/mol. The van der Waals surface area contributed by atoms with E-state index in [1.54, 1.807) is 18.5 Å². The quantitative estimate of drug-likeness (QED) is 0.426. The number of rotatable bonds is 6. The Labute approximate surface area is 210 Å². The third-order valence-electron chi connectivity index (χ3n) is 6.15. The number of ketones is 1. The third kappa shape index (κ3) is 5.14. The highest BCUT2D eigenvalue weighted by atomic mass is 32.1. The van der Waals surface area contributed by atoms with E-state index >= 15 is 0 Å². The maximum atomic E-state index is 14.2. The summed E-state index contributed by atoms with van der Waals surface area (Å²) in [6, 6.07) is 4.64. The molecule has 9 nitrogen and oxygen atoms in total. The Morgan fingerprint density at radius 3 is 2.64 bits per heavy atom. The minimum absolute atomic E-state index is 0.00200. The Bertz CT molecular complexity index is 1250. The van der Waals surface area contributed by atoms with Crippen molar-refractivity contribution in [2.24, 2.45) is 11.7 Å². The number of methoxy groups -OCH3 is 1.